The molecule has 0 aliphatic carbocycles. The first-order valence-corrected chi connectivity index (χ1v) is 8.70. The van der Waals surface area contributed by atoms with Gasteiger partial charge in [0.1, 0.15) is 23.6 Å². The molecular formula is C20H19ClN4O2. The summed E-state index contributed by atoms with van der Waals surface area (Å²) in [6, 6.07) is 14.7. The Morgan fingerprint density at radius 2 is 1.96 bits per heavy atom. The lowest BCUT2D eigenvalue weighted by Crippen LogP contribution is -2.15. The van der Waals surface area contributed by atoms with Gasteiger partial charge in [-0.2, -0.15) is 0 Å². The summed E-state index contributed by atoms with van der Waals surface area (Å²) in [4.78, 5) is 20.7. The lowest BCUT2D eigenvalue weighted by atomic mass is 10.2. The number of carbonyl (C=O) groups is 1. The summed E-state index contributed by atoms with van der Waals surface area (Å²) in [6.07, 6.45) is 1.35. The first kappa shape index (κ1) is 18.7. The summed E-state index contributed by atoms with van der Waals surface area (Å²) < 4.78 is 5.34. The lowest BCUT2D eigenvalue weighted by Gasteiger charge is -2.11. The van der Waals surface area contributed by atoms with Gasteiger partial charge in [-0.3, -0.25) is 4.79 Å². The molecule has 0 bridgehead atoms. The van der Waals surface area contributed by atoms with Crippen LogP contribution in [0.15, 0.2) is 54.9 Å². The van der Waals surface area contributed by atoms with Crippen LogP contribution in [0.4, 0.5) is 11.5 Å². The zero-order chi connectivity index (χ0) is 19.2. The molecule has 2 aromatic carbocycles. The number of hydrogen-bond donors (Lipinski definition) is 2. The SMILES string of the molecule is COc1ccccc1CNc1cc(C(=O)Nc2cccc(Cl)c2C)ncn1. The van der Waals surface area contributed by atoms with Gasteiger partial charge in [0.05, 0.1) is 7.11 Å². The third-order valence-electron chi connectivity index (χ3n) is 4.07. The number of halogens is 1. The Bertz CT molecular complexity index is 962. The van der Waals surface area contributed by atoms with E-state index in [1.807, 2.05) is 31.2 Å². The third-order valence-corrected chi connectivity index (χ3v) is 4.48. The summed E-state index contributed by atoms with van der Waals surface area (Å²) in [5.74, 6) is 1.00. The van der Waals surface area contributed by atoms with E-state index in [0.29, 0.717) is 23.1 Å². The highest BCUT2D eigenvalue weighted by Crippen LogP contribution is 2.23. The highest BCUT2D eigenvalue weighted by Gasteiger charge is 2.12. The van der Waals surface area contributed by atoms with Crippen molar-refractivity contribution in [1.82, 2.24) is 9.97 Å². The van der Waals surface area contributed by atoms with Crippen LogP contribution in [0.5, 0.6) is 5.75 Å². The highest BCUT2D eigenvalue weighted by molar-refractivity contribution is 6.31. The minimum Gasteiger partial charge on any atom is -0.496 e. The Morgan fingerprint density at radius 3 is 2.78 bits per heavy atom. The predicted octanol–water partition coefficient (Wildman–Crippen LogP) is 4.31. The molecule has 27 heavy (non-hydrogen) atoms. The van der Waals surface area contributed by atoms with Crippen LogP contribution < -0.4 is 15.4 Å². The van der Waals surface area contributed by atoms with E-state index in [0.717, 1.165) is 16.9 Å². The average Bonchev–Trinajstić information content (AvgIpc) is 2.70. The Kier molecular flexibility index (Phi) is 5.88. The number of amides is 1. The molecule has 6 nitrogen and oxygen atoms in total. The number of carbonyl (C=O) groups excluding carboxylic acids is 1. The number of hydrogen-bond acceptors (Lipinski definition) is 5. The van der Waals surface area contributed by atoms with Crippen molar-refractivity contribution in [2.45, 2.75) is 13.5 Å². The van der Waals surface area contributed by atoms with Crippen molar-refractivity contribution in [3.63, 3.8) is 0 Å². The van der Waals surface area contributed by atoms with Gasteiger partial charge in [-0.15, -0.1) is 0 Å². The number of anilines is 2. The second-order valence-electron chi connectivity index (χ2n) is 5.82. The molecule has 3 rings (SSSR count). The Hall–Kier alpha value is -3.12. The number of rotatable bonds is 6. The second kappa shape index (κ2) is 8.51. The normalized spacial score (nSPS) is 10.3. The quantitative estimate of drug-likeness (QED) is 0.664. The number of nitrogens with zero attached hydrogens (tertiary/aromatic N) is 2. The number of ether oxygens (including phenoxy) is 1. The topological polar surface area (TPSA) is 76.1 Å². The summed E-state index contributed by atoms with van der Waals surface area (Å²) >= 11 is 6.10. The van der Waals surface area contributed by atoms with Crippen LogP contribution in [-0.4, -0.2) is 23.0 Å². The molecule has 0 saturated heterocycles. The molecule has 1 aromatic heterocycles. The van der Waals surface area contributed by atoms with E-state index in [1.54, 1.807) is 31.4 Å². The van der Waals surface area contributed by atoms with E-state index in [9.17, 15) is 4.79 Å². The largest absolute Gasteiger partial charge is 0.496 e. The maximum atomic E-state index is 12.5. The van der Waals surface area contributed by atoms with Crippen LogP contribution in [0.2, 0.25) is 5.02 Å². The van der Waals surface area contributed by atoms with Crippen molar-refractivity contribution >= 4 is 29.0 Å². The molecular weight excluding hydrogens is 364 g/mol. The van der Waals surface area contributed by atoms with Gasteiger partial charge >= 0.3 is 0 Å². The molecule has 7 heteroatoms. The van der Waals surface area contributed by atoms with E-state index in [4.69, 9.17) is 16.3 Å². The number of nitrogens with one attached hydrogen (secondary N) is 2. The van der Waals surface area contributed by atoms with Gasteiger partial charge in [-0.1, -0.05) is 35.9 Å². The van der Waals surface area contributed by atoms with Gasteiger partial charge in [0.2, 0.25) is 0 Å². The zero-order valence-corrected chi connectivity index (χ0v) is 15.7. The van der Waals surface area contributed by atoms with Crippen molar-refractivity contribution in [2.75, 3.05) is 17.7 Å². The molecule has 2 N–H and O–H groups in total. The minimum atomic E-state index is -0.330. The lowest BCUT2D eigenvalue weighted by molar-refractivity contribution is 0.102. The molecule has 138 valence electrons. The minimum absolute atomic E-state index is 0.256. The number of aromatic nitrogens is 2. The maximum Gasteiger partial charge on any atom is 0.274 e. The van der Waals surface area contributed by atoms with Gasteiger partial charge in [0, 0.05) is 28.9 Å². The molecule has 0 aliphatic rings. The van der Waals surface area contributed by atoms with Crippen molar-refractivity contribution in [1.29, 1.82) is 0 Å². The molecule has 0 spiro atoms. The number of benzene rings is 2. The van der Waals surface area contributed by atoms with Crippen molar-refractivity contribution in [2.24, 2.45) is 0 Å². The average molecular weight is 383 g/mol. The Balaban J connectivity index is 1.71. The van der Waals surface area contributed by atoms with Gasteiger partial charge in [-0.05, 0) is 30.7 Å². The second-order valence-corrected chi connectivity index (χ2v) is 6.23. The molecule has 0 unspecified atom stereocenters. The fraction of sp³-hybridized carbons (Fsp3) is 0.150. The fourth-order valence-electron chi connectivity index (χ4n) is 2.54. The van der Waals surface area contributed by atoms with Crippen molar-refractivity contribution in [3.05, 3.63) is 76.7 Å². The smallest absolute Gasteiger partial charge is 0.274 e. The van der Waals surface area contributed by atoms with Crippen LogP contribution >= 0.6 is 11.6 Å². The van der Waals surface area contributed by atoms with Crippen molar-refractivity contribution in [3.8, 4) is 5.75 Å². The molecule has 0 aliphatic heterocycles. The first-order chi connectivity index (χ1) is 13.1. The number of para-hydroxylation sites is 1. The van der Waals surface area contributed by atoms with Crippen LogP contribution in [0, 0.1) is 6.92 Å². The summed E-state index contributed by atoms with van der Waals surface area (Å²) in [5.41, 5.74) is 2.69. The van der Waals surface area contributed by atoms with Gasteiger partial charge in [-0.25, -0.2) is 9.97 Å². The predicted molar refractivity (Wildman–Crippen MR) is 106 cm³/mol. The molecule has 0 saturated carbocycles. The first-order valence-electron chi connectivity index (χ1n) is 8.32. The van der Waals surface area contributed by atoms with Crippen LogP contribution in [-0.2, 0) is 6.54 Å². The molecule has 1 heterocycles. The van der Waals surface area contributed by atoms with Gasteiger partial charge in [0.15, 0.2) is 0 Å². The highest BCUT2D eigenvalue weighted by atomic mass is 35.5. The van der Waals surface area contributed by atoms with Crippen LogP contribution in [0.1, 0.15) is 21.6 Å². The van der Waals surface area contributed by atoms with E-state index >= 15 is 0 Å². The summed E-state index contributed by atoms with van der Waals surface area (Å²) in [7, 11) is 1.63. The maximum absolute atomic E-state index is 12.5. The van der Waals surface area contributed by atoms with E-state index in [1.165, 1.54) is 6.33 Å². The van der Waals surface area contributed by atoms with Gasteiger partial charge < -0.3 is 15.4 Å². The van der Waals surface area contributed by atoms with Crippen LogP contribution in [0.25, 0.3) is 0 Å². The zero-order valence-electron chi connectivity index (χ0n) is 15.0. The molecule has 0 radical (unpaired) electrons. The van der Waals surface area contributed by atoms with E-state index < -0.39 is 0 Å². The molecule has 3 aromatic rings. The summed E-state index contributed by atoms with van der Waals surface area (Å²) in [5, 5.41) is 6.60. The molecule has 0 fully saturated rings. The standard InChI is InChI=1S/C20H19ClN4O2/c1-13-15(21)7-5-8-16(13)25-20(26)17-10-19(24-12-23-17)22-11-14-6-3-4-9-18(14)27-2/h3-10,12H,11H2,1-2H3,(H,25,26)(H,22,23,24). The fourth-order valence-corrected chi connectivity index (χ4v) is 2.72. The summed E-state index contributed by atoms with van der Waals surface area (Å²) in [6.45, 7) is 2.35. The Labute approximate surface area is 162 Å². The molecule has 1 amide bonds. The monoisotopic (exact) mass is 382 g/mol. The van der Waals surface area contributed by atoms with E-state index in [-0.39, 0.29) is 11.6 Å². The Morgan fingerprint density at radius 1 is 1.15 bits per heavy atom. The number of methoxy groups -OCH3 is 1. The van der Waals surface area contributed by atoms with Crippen molar-refractivity contribution < 1.29 is 9.53 Å². The van der Waals surface area contributed by atoms with E-state index in [2.05, 4.69) is 20.6 Å². The molecule has 0 atom stereocenters. The van der Waals surface area contributed by atoms with Crippen LogP contribution in [0.3, 0.4) is 0 Å². The third kappa shape index (κ3) is 4.54. The van der Waals surface area contributed by atoms with Gasteiger partial charge in [0.25, 0.3) is 5.91 Å².